The summed E-state index contributed by atoms with van der Waals surface area (Å²) in [7, 11) is 0. The fourth-order valence-corrected chi connectivity index (χ4v) is 4.61. The molecule has 0 bridgehead atoms. The second-order valence-corrected chi connectivity index (χ2v) is 6.91. The Morgan fingerprint density at radius 1 is 1.50 bits per heavy atom. The van der Waals surface area contributed by atoms with Gasteiger partial charge < -0.3 is 19.9 Å². The number of amides is 1. The van der Waals surface area contributed by atoms with E-state index in [1.165, 1.54) is 16.2 Å². The SMILES string of the molecule is C[C@@H](O)[C@H]1C(=O)N2C(C(=O)[O-])=C(c3ncn4ccsc34)[C@H](C)[C@H]12.[Na+]. The number of hydrogen-bond donors (Lipinski definition) is 1. The first kappa shape index (κ1) is 17.6. The number of imidazole rings is 1. The number of carboxylic acids is 1. The first-order valence-electron chi connectivity index (χ1n) is 7.30. The second kappa shape index (κ2) is 5.96. The summed E-state index contributed by atoms with van der Waals surface area (Å²) in [5.41, 5.74) is 0.966. The molecule has 0 spiro atoms. The maximum atomic E-state index is 12.3. The number of aliphatic carboxylic acids is 1. The molecule has 7 nitrogen and oxygen atoms in total. The molecule has 0 aromatic carbocycles. The van der Waals surface area contributed by atoms with Crippen LogP contribution < -0.4 is 34.7 Å². The third-order valence-electron chi connectivity index (χ3n) is 4.77. The number of aromatic nitrogens is 2. The van der Waals surface area contributed by atoms with Gasteiger partial charge in [0.05, 0.1) is 29.7 Å². The Kier molecular flexibility index (Phi) is 4.38. The monoisotopic (exact) mass is 355 g/mol. The average Bonchev–Trinajstić information content (AvgIpc) is 3.11. The van der Waals surface area contributed by atoms with Gasteiger partial charge in [0, 0.05) is 23.1 Å². The van der Waals surface area contributed by atoms with Crippen LogP contribution in [-0.2, 0) is 9.59 Å². The van der Waals surface area contributed by atoms with E-state index in [0.29, 0.717) is 11.3 Å². The Labute approximate surface area is 163 Å². The molecule has 120 valence electrons. The number of carbonyl (C=O) groups excluding carboxylic acids is 2. The number of aliphatic hydroxyl groups is 1. The first-order chi connectivity index (χ1) is 10.9. The van der Waals surface area contributed by atoms with Crippen LogP contribution in [0, 0.1) is 11.8 Å². The number of fused-ring (bicyclic) bond motifs is 2. The zero-order valence-corrected chi connectivity index (χ0v) is 16.3. The van der Waals surface area contributed by atoms with Gasteiger partial charge in [-0.2, -0.15) is 0 Å². The van der Waals surface area contributed by atoms with E-state index in [1.807, 2.05) is 22.9 Å². The summed E-state index contributed by atoms with van der Waals surface area (Å²) >= 11 is 1.45. The van der Waals surface area contributed by atoms with Crippen molar-refractivity contribution >= 4 is 33.6 Å². The van der Waals surface area contributed by atoms with E-state index in [-0.39, 0.29) is 53.1 Å². The number of aliphatic hydroxyl groups excluding tert-OH is 1. The van der Waals surface area contributed by atoms with Gasteiger partial charge >= 0.3 is 29.6 Å². The summed E-state index contributed by atoms with van der Waals surface area (Å²) in [6.45, 7) is 3.42. The van der Waals surface area contributed by atoms with Crippen LogP contribution in [0.1, 0.15) is 19.5 Å². The molecule has 0 aliphatic carbocycles. The molecule has 2 aromatic rings. The van der Waals surface area contributed by atoms with Crippen molar-refractivity contribution in [2.45, 2.75) is 26.0 Å². The number of hydrogen-bond acceptors (Lipinski definition) is 6. The van der Waals surface area contributed by atoms with Crippen molar-refractivity contribution < 1.29 is 49.4 Å². The number of β-lactam (4-membered cyclic amide) rings is 1. The van der Waals surface area contributed by atoms with E-state index in [4.69, 9.17) is 0 Å². The van der Waals surface area contributed by atoms with Crippen LogP contribution in [0.2, 0.25) is 0 Å². The minimum Gasteiger partial charge on any atom is -0.543 e. The van der Waals surface area contributed by atoms with Crippen molar-refractivity contribution in [2.75, 3.05) is 0 Å². The predicted octanol–water partition coefficient (Wildman–Crippen LogP) is -3.28. The summed E-state index contributed by atoms with van der Waals surface area (Å²) in [6.07, 6.45) is 2.64. The van der Waals surface area contributed by atoms with Crippen molar-refractivity contribution in [3.05, 3.63) is 29.3 Å². The summed E-state index contributed by atoms with van der Waals surface area (Å²) in [5, 5.41) is 23.4. The largest absolute Gasteiger partial charge is 1.00 e. The Bertz CT molecular complexity index is 871. The maximum Gasteiger partial charge on any atom is 1.00 e. The van der Waals surface area contributed by atoms with Gasteiger partial charge in [-0.1, -0.05) is 6.92 Å². The third-order valence-corrected chi connectivity index (χ3v) is 5.66. The molecule has 4 heterocycles. The van der Waals surface area contributed by atoms with Gasteiger partial charge in [-0.05, 0) is 6.92 Å². The average molecular weight is 355 g/mol. The van der Waals surface area contributed by atoms with Gasteiger partial charge in [-0.15, -0.1) is 11.3 Å². The second-order valence-electron chi connectivity index (χ2n) is 6.01. The van der Waals surface area contributed by atoms with Crippen LogP contribution in [0.15, 0.2) is 23.6 Å². The fourth-order valence-electron chi connectivity index (χ4n) is 3.79. The van der Waals surface area contributed by atoms with Gasteiger partial charge in [-0.3, -0.25) is 9.20 Å². The molecule has 2 aromatic heterocycles. The molecule has 1 fully saturated rings. The van der Waals surface area contributed by atoms with E-state index in [0.717, 1.165) is 4.83 Å². The first-order valence-corrected chi connectivity index (χ1v) is 8.18. The minimum atomic E-state index is -1.38. The zero-order chi connectivity index (χ0) is 16.5. The molecule has 1 amide bonds. The Morgan fingerprint density at radius 3 is 2.83 bits per heavy atom. The van der Waals surface area contributed by atoms with E-state index in [2.05, 4.69) is 4.98 Å². The van der Waals surface area contributed by atoms with Crippen molar-refractivity contribution in [1.82, 2.24) is 14.3 Å². The topological polar surface area (TPSA) is 98.0 Å². The number of nitrogens with zero attached hydrogens (tertiary/aromatic N) is 3. The molecule has 9 heteroatoms. The predicted molar refractivity (Wildman–Crippen MR) is 80.0 cm³/mol. The van der Waals surface area contributed by atoms with E-state index in [1.54, 1.807) is 13.3 Å². The Hall–Kier alpha value is -1.19. The Balaban J connectivity index is 0.00000169. The standard InChI is InChI=1S/C15H15N3O4S.Na/c1-6-8(10-14-17(5-16-10)3-4-23-14)12(15(21)22)18-11(6)9(7(2)19)13(18)20;/h3-7,9,11,19H,1-2H3,(H,21,22);/q;+1/p-1/t6-,7+,9+,11+;/m0./s1. The zero-order valence-electron chi connectivity index (χ0n) is 13.5. The van der Waals surface area contributed by atoms with Crippen LogP contribution in [0.25, 0.3) is 10.4 Å². The van der Waals surface area contributed by atoms with Gasteiger partial charge in [0.2, 0.25) is 5.91 Å². The summed E-state index contributed by atoms with van der Waals surface area (Å²) < 4.78 is 1.82. The molecule has 2 aliphatic heterocycles. The van der Waals surface area contributed by atoms with Crippen LogP contribution in [0.5, 0.6) is 0 Å². The third kappa shape index (κ3) is 2.14. The van der Waals surface area contributed by atoms with Crippen LogP contribution in [-0.4, -0.2) is 43.4 Å². The molecule has 4 atom stereocenters. The van der Waals surface area contributed by atoms with Crippen LogP contribution in [0.3, 0.4) is 0 Å². The van der Waals surface area contributed by atoms with Gasteiger partial charge in [-0.25, -0.2) is 4.98 Å². The molecular formula is C15H14N3NaO4S. The molecule has 1 N–H and O–H groups in total. The molecule has 2 aliphatic rings. The molecule has 1 saturated heterocycles. The molecule has 0 unspecified atom stereocenters. The number of carbonyl (C=O) groups is 2. The summed E-state index contributed by atoms with van der Waals surface area (Å²) in [5.74, 6) is -2.57. The molecule has 4 rings (SSSR count). The van der Waals surface area contributed by atoms with Crippen LogP contribution >= 0.6 is 11.3 Å². The van der Waals surface area contributed by atoms with Crippen LogP contribution in [0.4, 0.5) is 0 Å². The number of carboxylic acid groups (broad SMARTS) is 1. The minimum absolute atomic E-state index is 0. The Morgan fingerprint density at radius 2 is 2.21 bits per heavy atom. The molecule has 0 radical (unpaired) electrons. The van der Waals surface area contributed by atoms with Crippen molar-refractivity contribution in [2.24, 2.45) is 11.8 Å². The number of rotatable bonds is 3. The molecular weight excluding hydrogens is 341 g/mol. The van der Waals surface area contributed by atoms with Crippen molar-refractivity contribution in [3.63, 3.8) is 0 Å². The molecule has 24 heavy (non-hydrogen) atoms. The van der Waals surface area contributed by atoms with Crippen molar-refractivity contribution in [3.8, 4) is 0 Å². The van der Waals surface area contributed by atoms with E-state index >= 15 is 0 Å². The van der Waals surface area contributed by atoms with Gasteiger partial charge in [0.25, 0.3) is 0 Å². The number of thiazole rings is 1. The quantitative estimate of drug-likeness (QED) is 0.460. The van der Waals surface area contributed by atoms with Gasteiger partial charge in [0.15, 0.2) is 0 Å². The fraction of sp³-hybridized carbons (Fsp3) is 0.400. The smallest absolute Gasteiger partial charge is 0.543 e. The summed E-state index contributed by atoms with van der Waals surface area (Å²) in [4.78, 5) is 30.4. The van der Waals surface area contributed by atoms with Crippen molar-refractivity contribution in [1.29, 1.82) is 0 Å². The maximum absolute atomic E-state index is 12.3. The van der Waals surface area contributed by atoms with Gasteiger partial charge in [0.1, 0.15) is 16.9 Å². The van der Waals surface area contributed by atoms with E-state index < -0.39 is 18.0 Å². The normalized spacial score (nSPS) is 27.0. The van der Waals surface area contributed by atoms with E-state index in [9.17, 15) is 19.8 Å². The molecule has 0 saturated carbocycles. The summed E-state index contributed by atoms with van der Waals surface area (Å²) in [6, 6.07) is -0.359.